The Morgan fingerprint density at radius 3 is 2.92 bits per heavy atom. The third kappa shape index (κ3) is 3.72. The van der Waals surface area contributed by atoms with E-state index in [1.54, 1.807) is 0 Å². The van der Waals surface area contributed by atoms with E-state index in [1.165, 1.54) is 0 Å². The number of nitrogens with one attached hydrogen (secondary N) is 1. The van der Waals surface area contributed by atoms with Crippen molar-refractivity contribution >= 4 is 17.3 Å². The summed E-state index contributed by atoms with van der Waals surface area (Å²) in [5.41, 5.74) is 3.35. The Hall–Kier alpha value is -1.63. The maximum Gasteiger partial charge on any atom is 0.131 e. The molecule has 6 nitrogen and oxygen atoms in total. The van der Waals surface area contributed by atoms with Crippen LogP contribution in [0.1, 0.15) is 32.2 Å². The fourth-order valence-corrected chi connectivity index (χ4v) is 4.12. The van der Waals surface area contributed by atoms with Crippen LogP contribution in [-0.2, 0) is 4.74 Å². The summed E-state index contributed by atoms with van der Waals surface area (Å²) in [6, 6.07) is 2.94. The number of aromatic nitrogens is 3. The zero-order chi connectivity index (χ0) is 17.9. The molecule has 0 radical (unpaired) electrons. The van der Waals surface area contributed by atoms with Gasteiger partial charge in [0.2, 0.25) is 0 Å². The van der Waals surface area contributed by atoms with E-state index in [0.29, 0.717) is 17.2 Å². The summed E-state index contributed by atoms with van der Waals surface area (Å²) in [6.07, 6.45) is 9.15. The molecule has 26 heavy (non-hydrogen) atoms. The lowest BCUT2D eigenvalue weighted by Crippen LogP contribution is -2.32. The van der Waals surface area contributed by atoms with E-state index in [2.05, 4.69) is 38.1 Å². The molecule has 2 aliphatic rings. The largest absolute Gasteiger partial charge is 0.381 e. The second-order valence-electron chi connectivity index (χ2n) is 7.07. The Morgan fingerprint density at radius 2 is 2.12 bits per heavy atom. The molecular formula is C19H26ClN5O. The van der Waals surface area contributed by atoms with Crippen molar-refractivity contribution in [3.8, 4) is 11.1 Å². The van der Waals surface area contributed by atoms with Crippen LogP contribution in [0.4, 0.5) is 5.69 Å². The number of pyridine rings is 1. The van der Waals surface area contributed by atoms with Gasteiger partial charge in [-0.1, -0.05) is 18.5 Å². The number of likely N-dealkylation sites (N-methyl/N-ethyl adjacent to an activating group) is 1. The van der Waals surface area contributed by atoms with Crippen molar-refractivity contribution in [1.29, 1.82) is 0 Å². The van der Waals surface area contributed by atoms with Crippen molar-refractivity contribution in [2.24, 2.45) is 0 Å². The highest BCUT2D eigenvalue weighted by atomic mass is 35.5. The zero-order valence-corrected chi connectivity index (χ0v) is 16.0. The van der Waals surface area contributed by atoms with Crippen molar-refractivity contribution in [2.45, 2.75) is 38.3 Å². The minimum Gasteiger partial charge on any atom is -0.381 e. The lowest BCUT2D eigenvalue weighted by Gasteiger charge is -2.23. The average molecular weight is 376 g/mol. The number of halogens is 1. The Morgan fingerprint density at radius 1 is 1.27 bits per heavy atom. The normalized spacial score (nSPS) is 21.5. The van der Waals surface area contributed by atoms with Crippen LogP contribution in [-0.4, -0.2) is 53.7 Å². The van der Waals surface area contributed by atoms with Crippen molar-refractivity contribution in [2.75, 3.05) is 37.7 Å². The molecule has 0 bridgehead atoms. The highest BCUT2D eigenvalue weighted by Crippen LogP contribution is 2.34. The Kier molecular flexibility index (Phi) is 5.43. The summed E-state index contributed by atoms with van der Waals surface area (Å²) in [5.74, 6) is 0. The summed E-state index contributed by atoms with van der Waals surface area (Å²) >= 11 is 6.22. The fraction of sp³-hybridized carbons (Fsp3) is 0.579. The summed E-state index contributed by atoms with van der Waals surface area (Å²) in [5, 5.41) is 8.70. The molecule has 0 aliphatic carbocycles. The second-order valence-corrected chi connectivity index (χ2v) is 7.45. The predicted molar refractivity (Wildman–Crippen MR) is 104 cm³/mol. The van der Waals surface area contributed by atoms with Crippen LogP contribution in [0, 0.1) is 0 Å². The Balaban J connectivity index is 1.60. The molecule has 2 fully saturated rings. The van der Waals surface area contributed by atoms with E-state index in [4.69, 9.17) is 16.3 Å². The monoisotopic (exact) mass is 375 g/mol. The summed E-state index contributed by atoms with van der Waals surface area (Å²) in [4.78, 5) is 6.74. The van der Waals surface area contributed by atoms with Gasteiger partial charge in [0.15, 0.2) is 0 Å². The van der Waals surface area contributed by atoms with Gasteiger partial charge in [-0.3, -0.25) is 4.68 Å². The average Bonchev–Trinajstić information content (AvgIpc) is 3.32. The number of hydrogen-bond donors (Lipinski definition) is 1. The van der Waals surface area contributed by atoms with E-state index < -0.39 is 0 Å². The van der Waals surface area contributed by atoms with Gasteiger partial charge in [0.1, 0.15) is 5.15 Å². The molecule has 7 heteroatoms. The second kappa shape index (κ2) is 7.94. The van der Waals surface area contributed by atoms with Crippen molar-refractivity contribution in [3.63, 3.8) is 0 Å². The molecule has 1 N–H and O–H groups in total. The number of anilines is 1. The molecule has 0 saturated carbocycles. The molecule has 4 rings (SSSR count). The molecule has 1 atom stereocenters. The fourth-order valence-electron chi connectivity index (χ4n) is 3.97. The molecule has 0 aromatic carbocycles. The zero-order valence-electron chi connectivity index (χ0n) is 15.2. The van der Waals surface area contributed by atoms with Gasteiger partial charge in [-0.15, -0.1) is 0 Å². The molecule has 4 heterocycles. The number of ether oxygens (including phenoxy) is 1. The van der Waals surface area contributed by atoms with Gasteiger partial charge in [0.25, 0.3) is 0 Å². The van der Waals surface area contributed by atoms with Crippen LogP contribution in [0.3, 0.4) is 0 Å². The van der Waals surface area contributed by atoms with Gasteiger partial charge in [-0.2, -0.15) is 5.10 Å². The molecule has 2 saturated heterocycles. The van der Waals surface area contributed by atoms with Crippen LogP contribution >= 0.6 is 11.6 Å². The Labute approximate surface area is 159 Å². The highest BCUT2D eigenvalue weighted by molar-refractivity contribution is 6.29. The van der Waals surface area contributed by atoms with Gasteiger partial charge < -0.3 is 15.0 Å². The van der Waals surface area contributed by atoms with E-state index in [-0.39, 0.29) is 0 Å². The molecule has 2 aromatic rings. The van der Waals surface area contributed by atoms with Gasteiger partial charge >= 0.3 is 0 Å². The molecule has 0 spiro atoms. The number of rotatable bonds is 5. The SMILES string of the molecule is CCN[C@H]1CCN(c2cc(Cl)ncc2-c2cnn(C3CCOCC3)c2)C1. The number of hydrogen-bond acceptors (Lipinski definition) is 5. The van der Waals surface area contributed by atoms with Crippen LogP contribution < -0.4 is 10.2 Å². The molecule has 140 valence electrons. The van der Waals surface area contributed by atoms with E-state index in [9.17, 15) is 0 Å². The molecule has 0 unspecified atom stereocenters. The van der Waals surface area contributed by atoms with Crippen molar-refractivity contribution in [3.05, 3.63) is 29.8 Å². The van der Waals surface area contributed by atoms with Crippen LogP contribution in [0.15, 0.2) is 24.7 Å². The molecule has 2 aromatic heterocycles. The minimum absolute atomic E-state index is 0.422. The van der Waals surface area contributed by atoms with Crippen LogP contribution in [0.5, 0.6) is 0 Å². The highest BCUT2D eigenvalue weighted by Gasteiger charge is 2.25. The van der Waals surface area contributed by atoms with E-state index >= 15 is 0 Å². The predicted octanol–water partition coefficient (Wildman–Crippen LogP) is 3.14. The lowest BCUT2D eigenvalue weighted by atomic mass is 10.1. The first-order valence-corrected chi connectivity index (χ1v) is 9.88. The first-order chi connectivity index (χ1) is 12.7. The van der Waals surface area contributed by atoms with Gasteiger partial charge in [-0.05, 0) is 31.9 Å². The van der Waals surface area contributed by atoms with E-state index in [0.717, 1.165) is 68.9 Å². The van der Waals surface area contributed by atoms with Crippen LogP contribution in [0.25, 0.3) is 11.1 Å². The van der Waals surface area contributed by atoms with Gasteiger partial charge in [-0.25, -0.2) is 4.98 Å². The molecule has 0 amide bonds. The third-order valence-corrected chi connectivity index (χ3v) is 5.55. The Bertz CT molecular complexity index is 743. The van der Waals surface area contributed by atoms with Gasteiger partial charge in [0.05, 0.1) is 12.2 Å². The third-order valence-electron chi connectivity index (χ3n) is 5.35. The number of nitrogens with zero attached hydrogens (tertiary/aromatic N) is 4. The van der Waals surface area contributed by atoms with Crippen LogP contribution in [0.2, 0.25) is 5.15 Å². The standard InChI is InChI=1S/C19H26ClN5O/c1-2-21-15-3-6-24(13-15)18-9-19(20)22-11-17(18)14-10-23-25(12-14)16-4-7-26-8-5-16/h9-12,15-16,21H,2-8,13H2,1H3/t15-/m0/s1. The first kappa shape index (κ1) is 17.8. The first-order valence-electron chi connectivity index (χ1n) is 9.50. The summed E-state index contributed by atoms with van der Waals surface area (Å²) < 4.78 is 7.55. The van der Waals surface area contributed by atoms with Crippen molar-refractivity contribution in [1.82, 2.24) is 20.1 Å². The maximum atomic E-state index is 6.22. The quantitative estimate of drug-likeness (QED) is 0.813. The molecule has 2 aliphatic heterocycles. The smallest absolute Gasteiger partial charge is 0.131 e. The maximum absolute atomic E-state index is 6.22. The van der Waals surface area contributed by atoms with Gasteiger partial charge in [0, 0.05) is 61.6 Å². The molecular weight excluding hydrogens is 350 g/mol. The topological polar surface area (TPSA) is 55.2 Å². The minimum atomic E-state index is 0.422. The summed E-state index contributed by atoms with van der Waals surface area (Å²) in [7, 11) is 0. The summed E-state index contributed by atoms with van der Waals surface area (Å²) in [6.45, 7) is 6.80. The van der Waals surface area contributed by atoms with Crippen molar-refractivity contribution < 1.29 is 4.74 Å². The lowest BCUT2D eigenvalue weighted by molar-refractivity contribution is 0.0662. The van der Waals surface area contributed by atoms with E-state index in [1.807, 2.05) is 18.5 Å².